The third-order valence-corrected chi connectivity index (χ3v) is 2.88. The van der Waals surface area contributed by atoms with Crippen LogP contribution in [0.5, 0.6) is 0 Å². The third kappa shape index (κ3) is 3.22. The van der Waals surface area contributed by atoms with Crippen molar-refractivity contribution in [2.45, 2.75) is 10.9 Å². The fourth-order valence-corrected chi connectivity index (χ4v) is 2.07. The Bertz CT molecular complexity index is 510. The van der Waals surface area contributed by atoms with Crippen LogP contribution >= 0.6 is 11.8 Å². The lowest BCUT2D eigenvalue weighted by Gasteiger charge is -2.03. The highest BCUT2D eigenvalue weighted by molar-refractivity contribution is 7.98. The minimum atomic E-state index is 0.370. The van der Waals surface area contributed by atoms with Gasteiger partial charge in [0, 0.05) is 18.0 Å². The lowest BCUT2D eigenvalue weighted by Crippen LogP contribution is -1.99. The first-order valence-corrected chi connectivity index (χ1v) is 5.85. The van der Waals surface area contributed by atoms with Gasteiger partial charge in [-0.2, -0.15) is 0 Å². The molecule has 0 atom stereocenters. The normalized spacial score (nSPS) is 10.4. The highest BCUT2D eigenvalue weighted by atomic mass is 32.2. The van der Waals surface area contributed by atoms with Crippen molar-refractivity contribution in [1.29, 1.82) is 0 Å². The molecular weight excluding hydrogens is 236 g/mol. The van der Waals surface area contributed by atoms with Crippen LogP contribution < -0.4 is 17.2 Å². The number of nitrogens with zero attached hydrogens (tertiary/aromatic N) is 3. The van der Waals surface area contributed by atoms with E-state index in [1.54, 1.807) is 6.20 Å². The fraction of sp³-hybridized carbons (Fsp3) is 0.100. The molecule has 0 unspecified atom stereocenters. The van der Waals surface area contributed by atoms with Crippen molar-refractivity contribution in [2.75, 3.05) is 17.2 Å². The van der Waals surface area contributed by atoms with Crippen molar-refractivity contribution in [3.8, 4) is 0 Å². The molecule has 6 nitrogen and oxygen atoms in total. The Morgan fingerprint density at radius 3 is 2.35 bits per heavy atom. The molecule has 0 saturated heterocycles. The van der Waals surface area contributed by atoms with Crippen molar-refractivity contribution in [3.05, 3.63) is 30.0 Å². The SMILES string of the molecule is Nc1cc(CSc2nc(N)cc(N)n2)ccn1. The van der Waals surface area contributed by atoms with Crippen LogP contribution in [0.4, 0.5) is 17.5 Å². The molecule has 0 spiro atoms. The van der Waals surface area contributed by atoms with Crippen molar-refractivity contribution < 1.29 is 0 Å². The highest BCUT2D eigenvalue weighted by Gasteiger charge is 2.02. The van der Waals surface area contributed by atoms with E-state index in [0.29, 0.717) is 28.4 Å². The number of nitrogen functional groups attached to an aromatic ring is 3. The second-order valence-corrected chi connectivity index (χ2v) is 4.32. The maximum Gasteiger partial charge on any atom is 0.191 e. The summed E-state index contributed by atoms with van der Waals surface area (Å²) in [6.07, 6.45) is 1.67. The van der Waals surface area contributed by atoms with E-state index in [1.165, 1.54) is 17.8 Å². The smallest absolute Gasteiger partial charge is 0.191 e. The zero-order chi connectivity index (χ0) is 12.3. The molecule has 0 aromatic carbocycles. The number of hydrogen-bond donors (Lipinski definition) is 3. The van der Waals surface area contributed by atoms with Gasteiger partial charge in [-0.25, -0.2) is 15.0 Å². The standard InChI is InChI=1S/C10H12N6S/c11-7-3-6(1-2-14-7)5-17-10-15-8(12)4-9(13)16-10/h1-4H,5H2,(H2,11,14)(H4,12,13,15,16). The molecule has 7 heteroatoms. The van der Waals surface area contributed by atoms with E-state index in [2.05, 4.69) is 15.0 Å². The van der Waals surface area contributed by atoms with Crippen molar-refractivity contribution >= 4 is 29.2 Å². The van der Waals surface area contributed by atoms with Gasteiger partial charge in [-0.1, -0.05) is 11.8 Å². The first-order chi connectivity index (χ1) is 8.13. The van der Waals surface area contributed by atoms with Gasteiger partial charge in [0.1, 0.15) is 17.5 Å². The zero-order valence-corrected chi connectivity index (χ0v) is 9.81. The van der Waals surface area contributed by atoms with Gasteiger partial charge in [-0.3, -0.25) is 0 Å². The minimum absolute atomic E-state index is 0.370. The molecule has 2 heterocycles. The number of hydrogen-bond acceptors (Lipinski definition) is 7. The molecule has 0 aliphatic carbocycles. The van der Waals surface area contributed by atoms with E-state index in [4.69, 9.17) is 17.2 Å². The van der Waals surface area contributed by atoms with E-state index in [-0.39, 0.29) is 0 Å². The molecule has 6 N–H and O–H groups in total. The molecule has 0 aliphatic heterocycles. The van der Waals surface area contributed by atoms with Crippen LogP contribution in [-0.2, 0) is 5.75 Å². The Labute approximate surface area is 103 Å². The molecule has 0 fully saturated rings. The second kappa shape index (κ2) is 4.88. The van der Waals surface area contributed by atoms with E-state index in [9.17, 15) is 0 Å². The summed E-state index contributed by atoms with van der Waals surface area (Å²) in [7, 11) is 0. The van der Waals surface area contributed by atoms with E-state index < -0.39 is 0 Å². The minimum Gasteiger partial charge on any atom is -0.384 e. The van der Waals surface area contributed by atoms with Gasteiger partial charge in [-0.15, -0.1) is 0 Å². The Kier molecular flexibility index (Phi) is 3.29. The maximum atomic E-state index is 5.58. The number of aromatic nitrogens is 3. The summed E-state index contributed by atoms with van der Waals surface area (Å²) < 4.78 is 0. The van der Waals surface area contributed by atoms with Crippen molar-refractivity contribution in [2.24, 2.45) is 0 Å². The van der Waals surface area contributed by atoms with Crippen LogP contribution in [0, 0.1) is 0 Å². The number of nitrogens with two attached hydrogens (primary N) is 3. The number of thioether (sulfide) groups is 1. The molecule has 0 radical (unpaired) electrons. The molecule has 0 bridgehead atoms. The third-order valence-electron chi connectivity index (χ3n) is 1.96. The van der Waals surface area contributed by atoms with Crippen LogP contribution in [0.2, 0.25) is 0 Å². The average Bonchev–Trinajstić information content (AvgIpc) is 2.25. The number of rotatable bonds is 3. The van der Waals surface area contributed by atoms with Crippen molar-refractivity contribution in [3.63, 3.8) is 0 Å². The van der Waals surface area contributed by atoms with Gasteiger partial charge in [0.25, 0.3) is 0 Å². The summed E-state index contributed by atoms with van der Waals surface area (Å²) in [5.41, 5.74) is 17.8. The van der Waals surface area contributed by atoms with E-state index in [1.807, 2.05) is 12.1 Å². The lowest BCUT2D eigenvalue weighted by atomic mass is 10.3. The van der Waals surface area contributed by atoms with E-state index in [0.717, 1.165) is 5.56 Å². The summed E-state index contributed by atoms with van der Waals surface area (Å²) >= 11 is 1.44. The predicted molar refractivity (Wildman–Crippen MR) is 69.1 cm³/mol. The van der Waals surface area contributed by atoms with Gasteiger partial charge < -0.3 is 17.2 Å². The van der Waals surface area contributed by atoms with Crippen LogP contribution in [0.1, 0.15) is 5.56 Å². The fourth-order valence-electron chi connectivity index (χ4n) is 1.26. The predicted octanol–water partition coefficient (Wildman–Crippen LogP) is 0.911. The maximum absolute atomic E-state index is 5.58. The van der Waals surface area contributed by atoms with Gasteiger partial charge >= 0.3 is 0 Å². The van der Waals surface area contributed by atoms with Crippen LogP contribution in [0.3, 0.4) is 0 Å². The second-order valence-electron chi connectivity index (χ2n) is 3.38. The van der Waals surface area contributed by atoms with Crippen LogP contribution in [-0.4, -0.2) is 15.0 Å². The molecule has 0 saturated carbocycles. The van der Waals surface area contributed by atoms with E-state index >= 15 is 0 Å². The number of pyridine rings is 1. The molecule has 2 aromatic rings. The van der Waals surface area contributed by atoms with Gasteiger partial charge in [0.05, 0.1) is 0 Å². The largest absolute Gasteiger partial charge is 0.384 e. The monoisotopic (exact) mass is 248 g/mol. The number of anilines is 3. The molecule has 17 heavy (non-hydrogen) atoms. The lowest BCUT2D eigenvalue weighted by molar-refractivity contribution is 0.984. The first kappa shape index (κ1) is 11.5. The Morgan fingerprint density at radius 1 is 1.00 bits per heavy atom. The van der Waals surface area contributed by atoms with Gasteiger partial charge in [-0.05, 0) is 17.7 Å². The highest BCUT2D eigenvalue weighted by Crippen LogP contribution is 2.21. The van der Waals surface area contributed by atoms with Gasteiger partial charge in [0.2, 0.25) is 0 Å². The van der Waals surface area contributed by atoms with Crippen LogP contribution in [0.15, 0.2) is 29.6 Å². The topological polar surface area (TPSA) is 117 Å². The summed E-state index contributed by atoms with van der Waals surface area (Å²) in [5, 5.41) is 0.554. The van der Waals surface area contributed by atoms with Crippen molar-refractivity contribution in [1.82, 2.24) is 15.0 Å². The quantitative estimate of drug-likeness (QED) is 0.546. The molecule has 0 amide bonds. The summed E-state index contributed by atoms with van der Waals surface area (Å²) in [6.45, 7) is 0. The zero-order valence-electron chi connectivity index (χ0n) is 9.00. The Hall–Kier alpha value is -2.02. The Balaban J connectivity index is 2.07. The molecule has 2 aromatic heterocycles. The molecule has 0 aliphatic rings. The molecular formula is C10H12N6S. The summed E-state index contributed by atoms with van der Waals surface area (Å²) in [6, 6.07) is 5.22. The molecule has 88 valence electrons. The van der Waals surface area contributed by atoms with Gasteiger partial charge in [0.15, 0.2) is 5.16 Å². The van der Waals surface area contributed by atoms with Crippen LogP contribution in [0.25, 0.3) is 0 Å². The first-order valence-electron chi connectivity index (χ1n) is 4.87. The average molecular weight is 248 g/mol. The summed E-state index contributed by atoms with van der Waals surface area (Å²) in [4.78, 5) is 12.1. The molecule has 2 rings (SSSR count). The summed E-state index contributed by atoms with van der Waals surface area (Å²) in [5.74, 6) is 1.93. The Morgan fingerprint density at radius 2 is 1.71 bits per heavy atom.